The third-order valence-corrected chi connectivity index (χ3v) is 4.54. The third kappa shape index (κ3) is 2.43. The van der Waals surface area contributed by atoms with Crippen LogP contribution in [0.15, 0.2) is 36.1 Å². The number of nitrogens with two attached hydrogens (primary N) is 1. The Morgan fingerprint density at radius 3 is 2.91 bits per heavy atom. The summed E-state index contributed by atoms with van der Waals surface area (Å²) in [4.78, 5) is 13.2. The van der Waals surface area contributed by atoms with Crippen LogP contribution in [0.5, 0.6) is 0 Å². The Bertz CT molecular complexity index is 1020. The number of benzene rings is 1. The van der Waals surface area contributed by atoms with Crippen LogP contribution in [-0.2, 0) is 7.05 Å². The van der Waals surface area contributed by atoms with Crippen LogP contribution in [0.3, 0.4) is 0 Å². The minimum atomic E-state index is 0.367. The molecule has 4 aromatic rings. The van der Waals surface area contributed by atoms with Crippen molar-refractivity contribution in [3.8, 4) is 22.6 Å². The van der Waals surface area contributed by atoms with Crippen molar-refractivity contribution in [2.24, 2.45) is 7.05 Å². The van der Waals surface area contributed by atoms with Gasteiger partial charge in [0.25, 0.3) is 0 Å². The molecule has 114 valence electrons. The number of thiazole rings is 1. The predicted octanol–water partition coefficient (Wildman–Crippen LogP) is 2.81. The van der Waals surface area contributed by atoms with Crippen molar-refractivity contribution in [2.75, 3.05) is 5.73 Å². The molecule has 0 aliphatic heterocycles. The van der Waals surface area contributed by atoms with Crippen molar-refractivity contribution in [3.63, 3.8) is 0 Å². The molecule has 3 aromatic heterocycles. The summed E-state index contributed by atoms with van der Waals surface area (Å²) in [6.45, 7) is 0. The fraction of sp³-hybridized carbons (Fsp3) is 0.0667. The standard InChI is InChI=1S/C15H11ClN6S/c1-22-3-2-10(21-22)15-13(18-6-12(17)20-15)8-4-9(16)14-11(5-8)23-7-19-14/h2-7H,1H3,(H2,17,20)/p+1. The summed E-state index contributed by atoms with van der Waals surface area (Å²) in [5.74, 6) is 0.367. The van der Waals surface area contributed by atoms with Crippen LogP contribution in [0.2, 0.25) is 5.02 Å². The molecule has 0 atom stereocenters. The molecule has 0 unspecified atom stereocenters. The van der Waals surface area contributed by atoms with Crippen molar-refractivity contribution >= 4 is 39.0 Å². The van der Waals surface area contributed by atoms with E-state index in [0.29, 0.717) is 16.5 Å². The molecular weight excluding hydrogens is 332 g/mol. The summed E-state index contributed by atoms with van der Waals surface area (Å²) < 4.78 is 2.85. The Labute approximate surface area is 140 Å². The molecule has 0 aliphatic rings. The van der Waals surface area contributed by atoms with Gasteiger partial charge in [-0.3, -0.25) is 4.98 Å². The van der Waals surface area contributed by atoms with Gasteiger partial charge in [-0.25, -0.2) is 9.97 Å². The predicted molar refractivity (Wildman–Crippen MR) is 91.0 cm³/mol. The summed E-state index contributed by atoms with van der Waals surface area (Å²) in [7, 11) is 1.91. The number of nitrogens with zero attached hydrogens (tertiary/aromatic N) is 4. The van der Waals surface area contributed by atoms with Gasteiger partial charge in [-0.05, 0) is 12.1 Å². The fourth-order valence-corrected chi connectivity index (χ4v) is 3.51. The first kappa shape index (κ1) is 14.1. The number of hydrogen-bond donors (Lipinski definition) is 2. The second-order valence-electron chi connectivity index (χ2n) is 5.10. The van der Waals surface area contributed by atoms with Gasteiger partial charge in [0.05, 0.1) is 32.6 Å². The van der Waals surface area contributed by atoms with E-state index in [-0.39, 0.29) is 0 Å². The van der Waals surface area contributed by atoms with E-state index < -0.39 is 0 Å². The van der Waals surface area contributed by atoms with Gasteiger partial charge in [0.15, 0.2) is 13.2 Å². The molecule has 0 saturated carbocycles. The molecule has 0 saturated heterocycles. The number of halogens is 1. The zero-order valence-corrected chi connectivity index (χ0v) is 13.7. The number of fused-ring (bicyclic) bond motifs is 1. The molecule has 0 aliphatic carbocycles. The van der Waals surface area contributed by atoms with Gasteiger partial charge in [0.2, 0.25) is 0 Å². The Morgan fingerprint density at radius 1 is 1.26 bits per heavy atom. The largest absolute Gasteiger partial charge is 0.382 e. The quantitative estimate of drug-likeness (QED) is 0.548. The van der Waals surface area contributed by atoms with Gasteiger partial charge in [0.1, 0.15) is 17.2 Å². The lowest BCUT2D eigenvalue weighted by Gasteiger charge is -2.07. The number of H-pyrrole nitrogens is 1. The van der Waals surface area contributed by atoms with Crippen LogP contribution < -0.4 is 10.4 Å². The molecular formula is C15H12ClN6S+. The highest BCUT2D eigenvalue weighted by molar-refractivity contribution is 7.16. The molecule has 3 heterocycles. The maximum atomic E-state index is 6.35. The highest BCUT2D eigenvalue weighted by Crippen LogP contribution is 2.34. The molecule has 0 spiro atoms. The minimum Gasteiger partial charge on any atom is -0.382 e. The van der Waals surface area contributed by atoms with E-state index in [1.807, 2.05) is 36.1 Å². The van der Waals surface area contributed by atoms with E-state index in [2.05, 4.69) is 20.1 Å². The Hall–Kier alpha value is -2.51. The SMILES string of the molecule is C[n+]1ccc(-c2nc(N)cnc2-c2cc(Cl)c3ncsc3c2)[nH]1. The number of hydrogen-bond acceptors (Lipinski definition) is 5. The Balaban J connectivity index is 1.97. The first-order chi connectivity index (χ1) is 11.1. The van der Waals surface area contributed by atoms with Gasteiger partial charge >= 0.3 is 0 Å². The number of rotatable bonds is 2. The van der Waals surface area contributed by atoms with E-state index in [1.54, 1.807) is 11.7 Å². The molecule has 23 heavy (non-hydrogen) atoms. The lowest BCUT2D eigenvalue weighted by Crippen LogP contribution is -2.28. The number of aromatic nitrogens is 5. The zero-order valence-electron chi connectivity index (χ0n) is 12.1. The van der Waals surface area contributed by atoms with Crippen LogP contribution in [0.1, 0.15) is 0 Å². The van der Waals surface area contributed by atoms with Crippen LogP contribution in [0.25, 0.3) is 32.9 Å². The molecule has 0 fully saturated rings. The normalized spacial score (nSPS) is 11.2. The van der Waals surface area contributed by atoms with E-state index in [9.17, 15) is 0 Å². The average Bonchev–Trinajstić information content (AvgIpc) is 3.16. The monoisotopic (exact) mass is 343 g/mol. The van der Waals surface area contributed by atoms with Crippen molar-refractivity contribution in [2.45, 2.75) is 0 Å². The van der Waals surface area contributed by atoms with Gasteiger partial charge < -0.3 is 5.73 Å². The van der Waals surface area contributed by atoms with Crippen LogP contribution in [-0.4, -0.2) is 20.1 Å². The van der Waals surface area contributed by atoms with E-state index in [4.69, 9.17) is 17.3 Å². The van der Waals surface area contributed by atoms with Gasteiger partial charge in [0, 0.05) is 11.6 Å². The van der Waals surface area contributed by atoms with Gasteiger partial charge in [-0.15, -0.1) is 16.0 Å². The van der Waals surface area contributed by atoms with Crippen LogP contribution in [0, 0.1) is 0 Å². The summed E-state index contributed by atoms with van der Waals surface area (Å²) in [5, 5.41) is 3.79. The second kappa shape index (κ2) is 5.29. The lowest BCUT2D eigenvalue weighted by molar-refractivity contribution is -0.726. The average molecular weight is 344 g/mol. The first-order valence-electron chi connectivity index (χ1n) is 6.82. The molecule has 0 bridgehead atoms. The molecule has 0 radical (unpaired) electrons. The highest BCUT2D eigenvalue weighted by Gasteiger charge is 2.17. The summed E-state index contributed by atoms with van der Waals surface area (Å²) in [5.41, 5.74) is 11.5. The van der Waals surface area contributed by atoms with E-state index in [1.165, 1.54) is 11.3 Å². The topological polar surface area (TPSA) is 84.4 Å². The van der Waals surface area contributed by atoms with Gasteiger partial charge in [-0.1, -0.05) is 11.6 Å². The fourth-order valence-electron chi connectivity index (χ4n) is 2.45. The Morgan fingerprint density at radius 2 is 2.13 bits per heavy atom. The van der Waals surface area contributed by atoms with E-state index >= 15 is 0 Å². The number of aromatic amines is 1. The number of anilines is 1. The molecule has 0 amide bonds. The Kier molecular flexibility index (Phi) is 3.24. The maximum absolute atomic E-state index is 6.35. The van der Waals surface area contributed by atoms with Crippen molar-refractivity contribution < 1.29 is 4.68 Å². The minimum absolute atomic E-state index is 0.367. The lowest BCUT2D eigenvalue weighted by atomic mass is 10.1. The van der Waals surface area contributed by atoms with Crippen LogP contribution >= 0.6 is 22.9 Å². The molecule has 3 N–H and O–H groups in total. The number of aryl methyl sites for hydroxylation is 1. The zero-order chi connectivity index (χ0) is 16.0. The summed E-state index contributed by atoms with van der Waals surface area (Å²) in [6.07, 6.45) is 3.45. The molecule has 1 aromatic carbocycles. The van der Waals surface area contributed by atoms with Crippen molar-refractivity contribution in [1.29, 1.82) is 0 Å². The third-order valence-electron chi connectivity index (χ3n) is 3.47. The number of nitrogens with one attached hydrogen (secondary N) is 1. The second-order valence-corrected chi connectivity index (χ2v) is 6.39. The smallest absolute Gasteiger partial charge is 0.195 e. The summed E-state index contributed by atoms with van der Waals surface area (Å²) in [6, 6.07) is 5.81. The highest BCUT2D eigenvalue weighted by atomic mass is 35.5. The molecule has 8 heteroatoms. The maximum Gasteiger partial charge on any atom is 0.195 e. The number of nitrogen functional groups attached to an aromatic ring is 1. The van der Waals surface area contributed by atoms with Crippen molar-refractivity contribution in [1.82, 2.24) is 20.1 Å². The molecule has 6 nitrogen and oxygen atoms in total. The van der Waals surface area contributed by atoms with Gasteiger partial charge in [-0.2, -0.15) is 5.10 Å². The summed E-state index contributed by atoms with van der Waals surface area (Å²) >= 11 is 7.89. The first-order valence-corrected chi connectivity index (χ1v) is 8.08. The molecule has 4 rings (SSSR count). The van der Waals surface area contributed by atoms with Crippen molar-refractivity contribution in [3.05, 3.63) is 41.1 Å². The van der Waals surface area contributed by atoms with E-state index in [0.717, 1.165) is 27.2 Å². The van der Waals surface area contributed by atoms with Crippen LogP contribution in [0.4, 0.5) is 5.82 Å².